The van der Waals surface area contributed by atoms with E-state index in [2.05, 4.69) is 15.6 Å². The SMILES string of the molecule is CO[C@@H]1CCCC[C@@H]1NC(=O)NCCc1ccncc1C. The third-order valence-corrected chi connectivity index (χ3v) is 4.14. The Kier molecular flexibility index (Phi) is 5.99. The Morgan fingerprint density at radius 2 is 2.24 bits per heavy atom. The lowest BCUT2D eigenvalue weighted by molar-refractivity contribution is 0.0452. The highest BCUT2D eigenvalue weighted by molar-refractivity contribution is 5.74. The molecule has 1 aromatic rings. The maximum absolute atomic E-state index is 12.0. The number of nitrogens with one attached hydrogen (secondary N) is 2. The molecule has 1 saturated carbocycles. The number of hydrogen-bond acceptors (Lipinski definition) is 3. The first-order chi connectivity index (χ1) is 10.2. The van der Waals surface area contributed by atoms with Crippen molar-refractivity contribution in [1.29, 1.82) is 0 Å². The molecule has 116 valence electrons. The van der Waals surface area contributed by atoms with E-state index in [9.17, 15) is 4.79 Å². The van der Waals surface area contributed by atoms with E-state index in [-0.39, 0.29) is 18.2 Å². The van der Waals surface area contributed by atoms with Crippen molar-refractivity contribution in [1.82, 2.24) is 15.6 Å². The van der Waals surface area contributed by atoms with E-state index in [0.717, 1.165) is 31.2 Å². The van der Waals surface area contributed by atoms with Gasteiger partial charge in [0, 0.05) is 26.0 Å². The number of aromatic nitrogens is 1. The summed E-state index contributed by atoms with van der Waals surface area (Å²) >= 11 is 0. The molecule has 1 aromatic heterocycles. The zero-order valence-corrected chi connectivity index (χ0v) is 12.9. The molecule has 0 unspecified atom stereocenters. The molecule has 1 aliphatic carbocycles. The number of ether oxygens (including phenoxy) is 1. The molecule has 0 spiro atoms. The Bertz CT molecular complexity index is 465. The highest BCUT2D eigenvalue weighted by atomic mass is 16.5. The summed E-state index contributed by atoms with van der Waals surface area (Å²) in [6.07, 6.45) is 8.95. The van der Waals surface area contributed by atoms with Gasteiger partial charge in [-0.15, -0.1) is 0 Å². The second-order valence-electron chi connectivity index (χ2n) is 5.62. The second-order valence-corrected chi connectivity index (χ2v) is 5.62. The normalized spacial score (nSPS) is 21.8. The molecular formula is C16H25N3O2. The van der Waals surface area contributed by atoms with E-state index in [0.29, 0.717) is 6.54 Å². The Morgan fingerprint density at radius 1 is 1.43 bits per heavy atom. The summed E-state index contributed by atoms with van der Waals surface area (Å²) in [6.45, 7) is 2.66. The van der Waals surface area contributed by atoms with Crippen LogP contribution in [0.2, 0.25) is 0 Å². The highest BCUT2D eigenvalue weighted by Crippen LogP contribution is 2.20. The van der Waals surface area contributed by atoms with Gasteiger partial charge in [-0.2, -0.15) is 0 Å². The molecule has 2 rings (SSSR count). The van der Waals surface area contributed by atoms with Crippen LogP contribution in [-0.2, 0) is 11.2 Å². The zero-order chi connectivity index (χ0) is 15.1. The number of nitrogens with zero attached hydrogens (tertiary/aromatic N) is 1. The molecule has 0 aromatic carbocycles. The van der Waals surface area contributed by atoms with Crippen LogP contribution < -0.4 is 10.6 Å². The minimum absolute atomic E-state index is 0.101. The number of urea groups is 1. The third kappa shape index (κ3) is 4.70. The first-order valence-electron chi connectivity index (χ1n) is 7.67. The molecule has 0 bridgehead atoms. The maximum atomic E-state index is 12.0. The largest absolute Gasteiger partial charge is 0.379 e. The lowest BCUT2D eigenvalue weighted by Gasteiger charge is -2.31. The molecule has 1 fully saturated rings. The van der Waals surface area contributed by atoms with Crippen molar-refractivity contribution in [3.05, 3.63) is 29.6 Å². The molecule has 1 aliphatic rings. The topological polar surface area (TPSA) is 63.2 Å². The number of aryl methyl sites for hydroxylation is 1. The summed E-state index contributed by atoms with van der Waals surface area (Å²) in [7, 11) is 1.72. The highest BCUT2D eigenvalue weighted by Gasteiger charge is 2.25. The average Bonchev–Trinajstić information content (AvgIpc) is 2.50. The zero-order valence-electron chi connectivity index (χ0n) is 12.9. The smallest absolute Gasteiger partial charge is 0.315 e. The summed E-state index contributed by atoms with van der Waals surface area (Å²) in [5.74, 6) is 0. The Labute approximate surface area is 126 Å². The van der Waals surface area contributed by atoms with Crippen LogP contribution in [0.25, 0.3) is 0 Å². The Hall–Kier alpha value is -1.62. The number of rotatable bonds is 5. The van der Waals surface area contributed by atoms with Gasteiger partial charge in [-0.3, -0.25) is 4.98 Å². The van der Waals surface area contributed by atoms with E-state index in [1.807, 2.05) is 19.2 Å². The molecule has 0 saturated heterocycles. The Balaban J connectivity index is 1.73. The van der Waals surface area contributed by atoms with Crippen molar-refractivity contribution in [3.8, 4) is 0 Å². The molecule has 2 N–H and O–H groups in total. The first kappa shape index (κ1) is 15.8. The van der Waals surface area contributed by atoms with Crippen LogP contribution in [0.3, 0.4) is 0 Å². The summed E-state index contributed by atoms with van der Waals surface area (Å²) in [5.41, 5.74) is 2.38. The monoisotopic (exact) mass is 291 g/mol. The molecule has 0 aliphatic heterocycles. The fourth-order valence-electron chi connectivity index (χ4n) is 2.86. The van der Waals surface area contributed by atoms with Crippen LogP contribution in [0.15, 0.2) is 18.5 Å². The predicted molar refractivity (Wildman–Crippen MR) is 82.3 cm³/mol. The maximum Gasteiger partial charge on any atom is 0.315 e. The average molecular weight is 291 g/mol. The fourth-order valence-corrected chi connectivity index (χ4v) is 2.86. The van der Waals surface area contributed by atoms with E-state index >= 15 is 0 Å². The van der Waals surface area contributed by atoms with E-state index in [1.165, 1.54) is 12.0 Å². The van der Waals surface area contributed by atoms with Crippen molar-refractivity contribution in [2.24, 2.45) is 0 Å². The molecule has 21 heavy (non-hydrogen) atoms. The van der Waals surface area contributed by atoms with Gasteiger partial charge >= 0.3 is 6.03 Å². The minimum Gasteiger partial charge on any atom is -0.379 e. The van der Waals surface area contributed by atoms with E-state index in [1.54, 1.807) is 13.3 Å². The van der Waals surface area contributed by atoms with Crippen LogP contribution in [0.5, 0.6) is 0 Å². The number of carbonyl (C=O) groups is 1. The van der Waals surface area contributed by atoms with E-state index in [4.69, 9.17) is 4.74 Å². The minimum atomic E-state index is -0.101. The molecule has 5 nitrogen and oxygen atoms in total. The van der Waals surface area contributed by atoms with Crippen LogP contribution in [0.1, 0.15) is 36.8 Å². The predicted octanol–water partition coefficient (Wildman–Crippen LogP) is 2.19. The van der Waals surface area contributed by atoms with Crippen molar-refractivity contribution < 1.29 is 9.53 Å². The standard InChI is InChI=1S/C16H25N3O2/c1-12-11-17-9-7-13(12)8-10-18-16(20)19-14-5-3-4-6-15(14)21-2/h7,9,11,14-15H,3-6,8,10H2,1-2H3,(H2,18,19,20)/t14-,15+/m0/s1. The number of methoxy groups -OCH3 is 1. The molecule has 5 heteroatoms. The lowest BCUT2D eigenvalue weighted by atomic mass is 9.92. The fraction of sp³-hybridized carbons (Fsp3) is 0.625. The number of carbonyl (C=O) groups excluding carboxylic acids is 1. The van der Waals surface area contributed by atoms with Crippen LogP contribution in [-0.4, -0.2) is 36.8 Å². The Morgan fingerprint density at radius 3 is 3.00 bits per heavy atom. The number of amides is 2. The lowest BCUT2D eigenvalue weighted by Crippen LogP contribution is -2.49. The van der Waals surface area contributed by atoms with Gasteiger partial charge in [0.15, 0.2) is 0 Å². The van der Waals surface area contributed by atoms with Crippen molar-refractivity contribution in [2.75, 3.05) is 13.7 Å². The van der Waals surface area contributed by atoms with Gasteiger partial charge in [0.25, 0.3) is 0 Å². The number of hydrogen-bond donors (Lipinski definition) is 2. The molecule has 0 radical (unpaired) electrons. The van der Waals surface area contributed by atoms with E-state index < -0.39 is 0 Å². The summed E-state index contributed by atoms with van der Waals surface area (Å²) in [5, 5.41) is 5.96. The van der Waals surface area contributed by atoms with Crippen LogP contribution in [0, 0.1) is 6.92 Å². The van der Waals surface area contributed by atoms with Gasteiger partial charge in [-0.05, 0) is 43.4 Å². The molecular weight excluding hydrogens is 266 g/mol. The summed E-state index contributed by atoms with van der Waals surface area (Å²) < 4.78 is 5.44. The van der Waals surface area contributed by atoms with Gasteiger partial charge < -0.3 is 15.4 Å². The molecule has 2 atom stereocenters. The third-order valence-electron chi connectivity index (χ3n) is 4.14. The van der Waals surface area contributed by atoms with Crippen LogP contribution in [0.4, 0.5) is 4.79 Å². The van der Waals surface area contributed by atoms with Crippen molar-refractivity contribution in [2.45, 2.75) is 51.2 Å². The van der Waals surface area contributed by atoms with Crippen molar-refractivity contribution in [3.63, 3.8) is 0 Å². The number of pyridine rings is 1. The van der Waals surface area contributed by atoms with Gasteiger partial charge in [-0.1, -0.05) is 12.8 Å². The van der Waals surface area contributed by atoms with Gasteiger partial charge in [0.1, 0.15) is 0 Å². The summed E-state index contributed by atoms with van der Waals surface area (Å²) in [6, 6.07) is 2.03. The van der Waals surface area contributed by atoms with Crippen molar-refractivity contribution >= 4 is 6.03 Å². The first-order valence-corrected chi connectivity index (χ1v) is 7.67. The second kappa shape index (κ2) is 7.98. The van der Waals surface area contributed by atoms with Gasteiger partial charge in [0.2, 0.25) is 0 Å². The molecule has 2 amide bonds. The van der Waals surface area contributed by atoms with Gasteiger partial charge in [-0.25, -0.2) is 4.79 Å². The van der Waals surface area contributed by atoms with Crippen LogP contribution >= 0.6 is 0 Å². The van der Waals surface area contributed by atoms with Gasteiger partial charge in [0.05, 0.1) is 12.1 Å². The summed E-state index contributed by atoms with van der Waals surface area (Å²) in [4.78, 5) is 16.0. The molecule has 1 heterocycles. The quantitative estimate of drug-likeness (QED) is 0.874.